The van der Waals surface area contributed by atoms with Gasteiger partial charge in [-0.15, -0.1) is 5.10 Å². The van der Waals surface area contributed by atoms with E-state index < -0.39 is 23.3 Å². The van der Waals surface area contributed by atoms with E-state index in [0.717, 1.165) is 17.8 Å². The zero-order valence-electron chi connectivity index (χ0n) is 12.7. The molecule has 0 aliphatic carbocycles. The van der Waals surface area contributed by atoms with Gasteiger partial charge in [0, 0.05) is 11.3 Å². The number of benzene rings is 2. The summed E-state index contributed by atoms with van der Waals surface area (Å²) in [7, 11) is 0. The second kappa shape index (κ2) is 8.02. The van der Waals surface area contributed by atoms with E-state index in [-0.39, 0.29) is 10.7 Å². The van der Waals surface area contributed by atoms with Crippen LogP contribution in [0.5, 0.6) is 5.75 Å². The Bertz CT molecular complexity index is 792. The molecule has 0 saturated heterocycles. The summed E-state index contributed by atoms with van der Waals surface area (Å²) in [6.07, 6.45) is -3.97. The average Bonchev–Trinajstić information content (AvgIpc) is 2.56. The van der Waals surface area contributed by atoms with Gasteiger partial charge in [-0.1, -0.05) is 42.1 Å². The van der Waals surface area contributed by atoms with E-state index in [2.05, 4.69) is 10.2 Å². The van der Waals surface area contributed by atoms with Gasteiger partial charge in [0.1, 0.15) is 0 Å². The van der Waals surface area contributed by atoms with Gasteiger partial charge >= 0.3 is 6.18 Å². The minimum atomic E-state index is -4.89. The summed E-state index contributed by atoms with van der Waals surface area (Å²) in [6, 6.07) is 10.9. The lowest BCUT2D eigenvalue weighted by Gasteiger charge is -2.09. The van der Waals surface area contributed by atoms with Gasteiger partial charge in [-0.3, -0.25) is 0 Å². The van der Waals surface area contributed by atoms with Crippen molar-refractivity contribution in [2.45, 2.75) is 11.9 Å². The first-order chi connectivity index (χ1) is 11.8. The summed E-state index contributed by atoms with van der Waals surface area (Å²) in [6.45, 7) is 0. The predicted octanol–water partition coefficient (Wildman–Crippen LogP) is 4.13. The number of nitrogens with two attached hydrogens (primary N) is 1. The summed E-state index contributed by atoms with van der Waals surface area (Å²) in [5.74, 6) is -2.34. The van der Waals surface area contributed by atoms with Crippen LogP contribution in [-0.4, -0.2) is 16.5 Å². The Morgan fingerprint density at radius 3 is 2.48 bits per heavy atom. The van der Waals surface area contributed by atoms with Gasteiger partial charge < -0.3 is 10.8 Å². The quantitative estimate of drug-likeness (QED) is 0.367. The highest BCUT2D eigenvalue weighted by Gasteiger charge is 2.35. The molecule has 2 rings (SSSR count). The fraction of sp³-hybridized carbons (Fsp3) is 0.125. The number of amidine groups is 1. The van der Waals surface area contributed by atoms with Crippen LogP contribution in [-0.2, 0) is 11.9 Å². The zero-order chi connectivity index (χ0) is 18.4. The van der Waals surface area contributed by atoms with E-state index >= 15 is 0 Å². The molecule has 0 unspecified atom stereocenters. The molecule has 0 amide bonds. The Morgan fingerprint density at radius 2 is 1.84 bits per heavy atom. The van der Waals surface area contributed by atoms with E-state index in [4.69, 9.17) is 5.73 Å². The number of rotatable bonds is 4. The second-order valence-electron chi connectivity index (χ2n) is 4.82. The number of aromatic hydroxyl groups is 1. The molecule has 0 saturated carbocycles. The normalized spacial score (nSPS) is 12.7. The van der Waals surface area contributed by atoms with E-state index in [1.807, 2.05) is 30.3 Å². The minimum absolute atomic E-state index is 0.118. The van der Waals surface area contributed by atoms with Gasteiger partial charge in [-0.05, 0) is 17.7 Å². The highest BCUT2D eigenvalue weighted by Crippen LogP contribution is 2.35. The first-order valence-electron chi connectivity index (χ1n) is 6.91. The van der Waals surface area contributed by atoms with Gasteiger partial charge in [0.05, 0.1) is 11.8 Å². The third-order valence-electron chi connectivity index (χ3n) is 3.04. The van der Waals surface area contributed by atoms with Crippen molar-refractivity contribution >= 4 is 23.1 Å². The van der Waals surface area contributed by atoms with Gasteiger partial charge in [0.2, 0.25) is 0 Å². The van der Waals surface area contributed by atoms with Crippen molar-refractivity contribution in [2.75, 3.05) is 0 Å². The summed E-state index contributed by atoms with van der Waals surface area (Å²) in [4.78, 5) is 0. The number of halogens is 4. The van der Waals surface area contributed by atoms with Crippen LogP contribution >= 0.6 is 11.8 Å². The molecule has 0 spiro atoms. The Morgan fingerprint density at radius 1 is 1.16 bits per heavy atom. The molecule has 3 N–H and O–H groups in total. The largest absolute Gasteiger partial charge is 0.504 e. The molecule has 4 nitrogen and oxygen atoms in total. The van der Waals surface area contributed by atoms with Crippen LogP contribution in [0.15, 0.2) is 52.7 Å². The Labute approximate surface area is 145 Å². The highest BCUT2D eigenvalue weighted by molar-refractivity contribution is 8.13. The van der Waals surface area contributed by atoms with Crippen LogP contribution in [0.4, 0.5) is 17.6 Å². The zero-order valence-corrected chi connectivity index (χ0v) is 13.5. The van der Waals surface area contributed by atoms with Crippen LogP contribution in [0.25, 0.3) is 0 Å². The SMILES string of the molecule is NC(=NN=Cc1ccc(C(F)(F)F)c(F)c1O)SCc1ccccc1. The van der Waals surface area contributed by atoms with Crippen molar-refractivity contribution in [3.8, 4) is 5.75 Å². The number of phenols is 1. The number of hydrogen-bond acceptors (Lipinski definition) is 4. The number of thioether (sulfide) groups is 1. The van der Waals surface area contributed by atoms with Crippen molar-refractivity contribution in [2.24, 2.45) is 15.9 Å². The molecule has 0 aromatic heterocycles. The lowest BCUT2D eigenvalue weighted by Crippen LogP contribution is -2.09. The Balaban J connectivity index is 2.05. The fourth-order valence-electron chi connectivity index (χ4n) is 1.81. The summed E-state index contributed by atoms with van der Waals surface area (Å²) < 4.78 is 51.1. The van der Waals surface area contributed by atoms with Crippen molar-refractivity contribution < 1.29 is 22.7 Å². The van der Waals surface area contributed by atoms with Gasteiger partial charge in [-0.25, -0.2) is 4.39 Å². The van der Waals surface area contributed by atoms with Gasteiger partial charge in [-0.2, -0.15) is 18.3 Å². The van der Waals surface area contributed by atoms with Crippen molar-refractivity contribution in [3.63, 3.8) is 0 Å². The molecule has 0 aliphatic heterocycles. The monoisotopic (exact) mass is 371 g/mol. The van der Waals surface area contributed by atoms with E-state index in [0.29, 0.717) is 11.8 Å². The topological polar surface area (TPSA) is 71.0 Å². The summed E-state index contributed by atoms with van der Waals surface area (Å²) >= 11 is 1.21. The summed E-state index contributed by atoms with van der Waals surface area (Å²) in [5.41, 5.74) is 4.88. The van der Waals surface area contributed by atoms with Crippen LogP contribution in [0.1, 0.15) is 16.7 Å². The highest BCUT2D eigenvalue weighted by atomic mass is 32.2. The molecule has 0 heterocycles. The lowest BCUT2D eigenvalue weighted by atomic mass is 10.1. The molecule has 0 aliphatic rings. The molecule has 0 radical (unpaired) electrons. The van der Waals surface area contributed by atoms with Crippen LogP contribution in [0.3, 0.4) is 0 Å². The molecule has 132 valence electrons. The molecular formula is C16H13F4N3OS. The van der Waals surface area contributed by atoms with Crippen molar-refractivity contribution in [1.82, 2.24) is 0 Å². The third kappa shape index (κ3) is 5.21. The van der Waals surface area contributed by atoms with Crippen LogP contribution in [0, 0.1) is 5.82 Å². The average molecular weight is 371 g/mol. The van der Waals surface area contributed by atoms with Crippen molar-refractivity contribution in [1.29, 1.82) is 0 Å². The molecule has 0 atom stereocenters. The molecule has 2 aromatic rings. The number of hydrogen-bond donors (Lipinski definition) is 2. The second-order valence-corrected chi connectivity index (χ2v) is 5.82. The maximum Gasteiger partial charge on any atom is 0.419 e. The van der Waals surface area contributed by atoms with E-state index in [1.165, 1.54) is 11.8 Å². The predicted molar refractivity (Wildman–Crippen MR) is 90.0 cm³/mol. The van der Waals surface area contributed by atoms with E-state index in [9.17, 15) is 22.7 Å². The van der Waals surface area contributed by atoms with Gasteiger partial charge in [0.15, 0.2) is 16.7 Å². The smallest absolute Gasteiger partial charge is 0.419 e. The molecule has 9 heteroatoms. The Hall–Kier alpha value is -2.55. The maximum absolute atomic E-state index is 13.6. The first kappa shape index (κ1) is 18.8. The van der Waals surface area contributed by atoms with Crippen molar-refractivity contribution in [3.05, 3.63) is 65.0 Å². The lowest BCUT2D eigenvalue weighted by molar-refractivity contribution is -0.140. The molecule has 0 bridgehead atoms. The summed E-state index contributed by atoms with van der Waals surface area (Å²) in [5, 5.41) is 16.8. The fourth-order valence-corrected chi connectivity index (χ4v) is 2.42. The molecule has 0 fully saturated rings. The van der Waals surface area contributed by atoms with Crippen LogP contribution in [0.2, 0.25) is 0 Å². The maximum atomic E-state index is 13.6. The molecule has 2 aromatic carbocycles. The van der Waals surface area contributed by atoms with E-state index in [1.54, 1.807) is 0 Å². The number of alkyl halides is 3. The number of phenolic OH excluding ortho intramolecular Hbond substituents is 1. The van der Waals surface area contributed by atoms with Gasteiger partial charge in [0.25, 0.3) is 0 Å². The molecular weight excluding hydrogens is 358 g/mol. The molecule has 25 heavy (non-hydrogen) atoms. The Kier molecular flexibility index (Phi) is 6.02. The van der Waals surface area contributed by atoms with Crippen LogP contribution < -0.4 is 5.73 Å². The first-order valence-corrected chi connectivity index (χ1v) is 7.89. The standard InChI is InChI=1S/C16H13F4N3OS/c17-13-12(16(18,19)20)7-6-11(14(13)24)8-22-23-15(21)25-9-10-4-2-1-3-5-10/h1-8,24H,9H2,(H2,21,23). The number of nitrogens with zero attached hydrogens (tertiary/aromatic N) is 2. The minimum Gasteiger partial charge on any atom is -0.504 e. The third-order valence-corrected chi connectivity index (χ3v) is 3.89.